The van der Waals surface area contributed by atoms with Crippen LogP contribution in [-0.4, -0.2) is 5.11 Å². The zero-order valence-electron chi connectivity index (χ0n) is 6.99. The molecule has 0 aromatic heterocycles. The van der Waals surface area contributed by atoms with E-state index >= 15 is 0 Å². The lowest BCUT2D eigenvalue weighted by molar-refractivity contribution is 0.440. The molecular formula is C9H10F2O. The Hall–Kier alpha value is -1.12. The molecule has 3 heteroatoms. The van der Waals surface area contributed by atoms with Crippen molar-refractivity contribution in [3.63, 3.8) is 0 Å². The number of phenols is 1. The van der Waals surface area contributed by atoms with Crippen molar-refractivity contribution in [3.05, 3.63) is 28.8 Å². The van der Waals surface area contributed by atoms with Crippen LogP contribution in [0.25, 0.3) is 0 Å². The fourth-order valence-corrected chi connectivity index (χ4v) is 1.11. The first kappa shape index (κ1) is 8.97. The van der Waals surface area contributed by atoms with E-state index in [0.29, 0.717) is 0 Å². The molecule has 0 spiro atoms. The lowest BCUT2D eigenvalue weighted by Crippen LogP contribution is -1.96. The predicted octanol–water partition coefficient (Wildman–Crippen LogP) is 2.54. The maximum Gasteiger partial charge on any atom is 0.165 e. The highest BCUT2D eigenvalue weighted by atomic mass is 19.2. The third-order valence-corrected chi connectivity index (χ3v) is 1.82. The lowest BCUT2D eigenvalue weighted by atomic mass is 10.1. The first-order valence-electron chi connectivity index (χ1n) is 3.74. The van der Waals surface area contributed by atoms with Gasteiger partial charge in [-0.1, -0.05) is 6.92 Å². The standard InChI is InChI=1S/C9H10F2O/c1-3-6-7(12)4-5(2)8(10)9(6)11/h4,12H,3H2,1-2H3. The molecule has 1 rings (SSSR count). The Kier molecular flexibility index (Phi) is 2.31. The van der Waals surface area contributed by atoms with Crippen LogP contribution in [0.1, 0.15) is 18.1 Å². The van der Waals surface area contributed by atoms with Gasteiger partial charge in [-0.05, 0) is 25.0 Å². The largest absolute Gasteiger partial charge is 0.508 e. The maximum atomic E-state index is 13.0. The minimum Gasteiger partial charge on any atom is -0.508 e. The van der Waals surface area contributed by atoms with E-state index in [-0.39, 0.29) is 23.3 Å². The SMILES string of the molecule is CCc1c(O)cc(C)c(F)c1F. The van der Waals surface area contributed by atoms with E-state index in [2.05, 4.69) is 0 Å². The summed E-state index contributed by atoms with van der Waals surface area (Å²) in [5, 5.41) is 9.19. The molecule has 0 amide bonds. The minimum atomic E-state index is -0.935. The van der Waals surface area contributed by atoms with Gasteiger partial charge >= 0.3 is 0 Å². The van der Waals surface area contributed by atoms with Crippen molar-refractivity contribution in [3.8, 4) is 5.75 Å². The van der Waals surface area contributed by atoms with Gasteiger partial charge in [0.2, 0.25) is 0 Å². The summed E-state index contributed by atoms with van der Waals surface area (Å²) in [6.07, 6.45) is 0.287. The molecule has 1 nitrogen and oxygen atoms in total. The number of aromatic hydroxyl groups is 1. The maximum absolute atomic E-state index is 13.0. The zero-order valence-corrected chi connectivity index (χ0v) is 6.99. The van der Waals surface area contributed by atoms with Gasteiger partial charge in [-0.3, -0.25) is 0 Å². The molecule has 0 atom stereocenters. The third-order valence-electron chi connectivity index (χ3n) is 1.82. The van der Waals surface area contributed by atoms with Crippen LogP contribution in [0, 0.1) is 18.6 Å². The van der Waals surface area contributed by atoms with Gasteiger partial charge < -0.3 is 5.11 Å². The van der Waals surface area contributed by atoms with Crippen LogP contribution >= 0.6 is 0 Å². The van der Waals surface area contributed by atoms with Gasteiger partial charge in [0.1, 0.15) is 5.75 Å². The van der Waals surface area contributed by atoms with E-state index in [1.54, 1.807) is 6.92 Å². The molecule has 0 unspecified atom stereocenters. The Labute approximate surface area is 69.7 Å². The highest BCUT2D eigenvalue weighted by molar-refractivity contribution is 5.38. The van der Waals surface area contributed by atoms with Crippen LogP contribution in [-0.2, 0) is 6.42 Å². The average molecular weight is 172 g/mol. The summed E-state index contributed by atoms with van der Waals surface area (Å²) in [5.41, 5.74) is 0.167. The van der Waals surface area contributed by atoms with Gasteiger partial charge in [0.05, 0.1) is 0 Å². The fraction of sp³-hybridized carbons (Fsp3) is 0.333. The number of rotatable bonds is 1. The van der Waals surface area contributed by atoms with E-state index in [4.69, 9.17) is 0 Å². The Morgan fingerprint density at radius 2 is 1.92 bits per heavy atom. The zero-order chi connectivity index (χ0) is 9.30. The monoisotopic (exact) mass is 172 g/mol. The summed E-state index contributed by atoms with van der Waals surface area (Å²) in [4.78, 5) is 0. The summed E-state index contributed by atoms with van der Waals surface area (Å²) >= 11 is 0. The predicted molar refractivity (Wildman–Crippen MR) is 42.1 cm³/mol. The summed E-state index contributed by atoms with van der Waals surface area (Å²) in [5.74, 6) is -1.98. The van der Waals surface area contributed by atoms with E-state index in [9.17, 15) is 13.9 Å². The van der Waals surface area contributed by atoms with Crippen molar-refractivity contribution < 1.29 is 13.9 Å². The molecule has 0 radical (unpaired) electrons. The average Bonchev–Trinajstić information content (AvgIpc) is 2.01. The quantitative estimate of drug-likeness (QED) is 0.690. The van der Waals surface area contributed by atoms with Crippen LogP contribution < -0.4 is 0 Å². The van der Waals surface area contributed by atoms with Crippen molar-refractivity contribution in [2.75, 3.05) is 0 Å². The van der Waals surface area contributed by atoms with Crippen molar-refractivity contribution in [1.82, 2.24) is 0 Å². The van der Waals surface area contributed by atoms with Crippen LogP contribution in [0.2, 0.25) is 0 Å². The van der Waals surface area contributed by atoms with E-state index in [1.807, 2.05) is 0 Å². The Morgan fingerprint density at radius 1 is 1.33 bits per heavy atom. The minimum absolute atomic E-state index is 0.0399. The summed E-state index contributed by atoms with van der Waals surface area (Å²) in [6.45, 7) is 3.07. The Morgan fingerprint density at radius 3 is 2.42 bits per heavy atom. The van der Waals surface area contributed by atoms with Crippen LogP contribution in [0.15, 0.2) is 6.07 Å². The van der Waals surface area contributed by atoms with E-state index < -0.39 is 11.6 Å². The Bertz CT molecular complexity index is 308. The van der Waals surface area contributed by atoms with Crippen molar-refractivity contribution in [2.45, 2.75) is 20.3 Å². The van der Waals surface area contributed by atoms with Gasteiger partial charge in [-0.25, -0.2) is 8.78 Å². The first-order valence-corrected chi connectivity index (χ1v) is 3.74. The third kappa shape index (κ3) is 1.26. The molecule has 0 saturated carbocycles. The molecule has 0 bridgehead atoms. The molecule has 0 aliphatic heterocycles. The molecular weight excluding hydrogens is 162 g/mol. The second-order valence-electron chi connectivity index (χ2n) is 2.67. The van der Waals surface area contributed by atoms with Gasteiger partial charge in [-0.15, -0.1) is 0 Å². The first-order chi connectivity index (χ1) is 5.57. The van der Waals surface area contributed by atoms with E-state index in [1.165, 1.54) is 13.0 Å². The van der Waals surface area contributed by atoms with Crippen LogP contribution in [0.5, 0.6) is 5.75 Å². The molecule has 0 aliphatic rings. The van der Waals surface area contributed by atoms with Gasteiger partial charge in [-0.2, -0.15) is 0 Å². The normalized spacial score (nSPS) is 10.3. The molecule has 0 heterocycles. The Balaban J connectivity index is 3.40. The van der Waals surface area contributed by atoms with Crippen molar-refractivity contribution in [2.24, 2.45) is 0 Å². The lowest BCUT2D eigenvalue weighted by Gasteiger charge is -2.05. The molecule has 0 aliphatic carbocycles. The number of hydrogen-bond donors (Lipinski definition) is 1. The van der Waals surface area contributed by atoms with Gasteiger partial charge in [0, 0.05) is 5.56 Å². The molecule has 12 heavy (non-hydrogen) atoms. The second-order valence-corrected chi connectivity index (χ2v) is 2.67. The van der Waals surface area contributed by atoms with Crippen molar-refractivity contribution >= 4 is 0 Å². The number of aryl methyl sites for hydroxylation is 1. The number of phenolic OH excluding ortho intramolecular Hbond substituents is 1. The topological polar surface area (TPSA) is 20.2 Å². The molecule has 0 fully saturated rings. The molecule has 1 aromatic rings. The number of benzene rings is 1. The molecule has 0 saturated heterocycles. The number of halogens is 2. The second kappa shape index (κ2) is 3.09. The van der Waals surface area contributed by atoms with Gasteiger partial charge in [0.25, 0.3) is 0 Å². The molecule has 1 aromatic carbocycles. The highest BCUT2D eigenvalue weighted by Crippen LogP contribution is 2.25. The summed E-state index contributed by atoms with van der Waals surface area (Å²) in [7, 11) is 0. The summed E-state index contributed by atoms with van der Waals surface area (Å²) in [6, 6.07) is 1.23. The fourth-order valence-electron chi connectivity index (χ4n) is 1.11. The van der Waals surface area contributed by atoms with Crippen molar-refractivity contribution in [1.29, 1.82) is 0 Å². The highest BCUT2D eigenvalue weighted by Gasteiger charge is 2.13. The van der Waals surface area contributed by atoms with Crippen LogP contribution in [0.3, 0.4) is 0 Å². The molecule has 1 N–H and O–H groups in total. The van der Waals surface area contributed by atoms with E-state index in [0.717, 1.165) is 0 Å². The van der Waals surface area contributed by atoms with Crippen LogP contribution in [0.4, 0.5) is 8.78 Å². The summed E-state index contributed by atoms with van der Waals surface area (Å²) < 4.78 is 25.9. The smallest absolute Gasteiger partial charge is 0.165 e. The van der Waals surface area contributed by atoms with Gasteiger partial charge in [0.15, 0.2) is 11.6 Å². The number of hydrogen-bond acceptors (Lipinski definition) is 1. The molecule has 66 valence electrons.